The molecule has 16 nitrogen and oxygen atoms in total. The molecule has 1 amide bonds. The Balaban J connectivity index is 3.82. The minimum Gasteiger partial charge on any atom is -0.396 e. The van der Waals surface area contributed by atoms with Crippen LogP contribution in [0.3, 0.4) is 0 Å². The molecule has 0 aliphatic heterocycles. The van der Waals surface area contributed by atoms with E-state index in [2.05, 4.69) is 17.2 Å². The number of hydrogen-bond donors (Lipinski definition) is 13. The highest BCUT2D eigenvalue weighted by molar-refractivity contribution is 5.81. The zero-order valence-corrected chi connectivity index (χ0v) is 26.2. The molecule has 0 fully saturated rings. The second-order valence-electron chi connectivity index (χ2n) is 11.1. The summed E-state index contributed by atoms with van der Waals surface area (Å²) in [7, 11) is 0. The van der Waals surface area contributed by atoms with Gasteiger partial charge in [0.05, 0.1) is 18.2 Å². The minimum atomic E-state index is -1.72. The van der Waals surface area contributed by atoms with Gasteiger partial charge in [-0.15, -0.1) is 0 Å². The molecule has 0 aliphatic rings. The zero-order valence-electron chi connectivity index (χ0n) is 26.2. The molecule has 16 heteroatoms. The highest BCUT2D eigenvalue weighted by atomic mass is 16.6. The van der Waals surface area contributed by atoms with Gasteiger partial charge in [0.25, 0.3) is 0 Å². The van der Waals surface area contributed by atoms with Crippen LogP contribution in [0.2, 0.25) is 0 Å². The third-order valence-corrected chi connectivity index (χ3v) is 7.16. The van der Waals surface area contributed by atoms with Crippen molar-refractivity contribution in [2.45, 2.75) is 126 Å². The van der Waals surface area contributed by atoms with Crippen LogP contribution < -0.4 is 16.4 Å². The predicted octanol–water partition coefficient (Wildman–Crippen LogP) is -3.36. The third-order valence-electron chi connectivity index (χ3n) is 7.16. The first-order valence-electron chi connectivity index (χ1n) is 15.7. The quantitative estimate of drug-likeness (QED) is 0.0265. The molecule has 45 heavy (non-hydrogen) atoms. The van der Waals surface area contributed by atoms with Crippen LogP contribution in [0.1, 0.15) is 70.6 Å². The summed E-state index contributed by atoms with van der Waals surface area (Å²) in [5, 5.41) is 101. The van der Waals surface area contributed by atoms with E-state index in [1.807, 2.05) is 0 Å². The molecule has 0 aromatic rings. The van der Waals surface area contributed by atoms with Gasteiger partial charge in [-0.1, -0.05) is 19.4 Å². The van der Waals surface area contributed by atoms with Gasteiger partial charge in [-0.2, -0.15) is 0 Å². The van der Waals surface area contributed by atoms with Crippen LogP contribution in [0.4, 0.5) is 0 Å². The maximum absolute atomic E-state index is 12.2. The summed E-state index contributed by atoms with van der Waals surface area (Å²) in [4.78, 5) is 12.2. The van der Waals surface area contributed by atoms with Crippen LogP contribution in [0.25, 0.3) is 0 Å². The second-order valence-corrected chi connectivity index (χ2v) is 11.1. The Kier molecular flexibility index (Phi) is 25.7. The number of aliphatic hydroxyl groups is 10. The first-order valence-corrected chi connectivity index (χ1v) is 15.7. The summed E-state index contributed by atoms with van der Waals surface area (Å²) in [5.74, 6) is -0.274. The van der Waals surface area contributed by atoms with E-state index in [0.29, 0.717) is 51.6 Å². The number of rotatable bonds is 30. The molecule has 9 atom stereocenters. The van der Waals surface area contributed by atoms with Gasteiger partial charge in [0, 0.05) is 45.2 Å². The number of hydrogen-bond acceptors (Lipinski definition) is 15. The second kappa shape index (κ2) is 26.5. The van der Waals surface area contributed by atoms with Crippen molar-refractivity contribution in [2.24, 2.45) is 5.73 Å². The van der Waals surface area contributed by atoms with Crippen molar-refractivity contribution in [1.29, 1.82) is 0 Å². The van der Waals surface area contributed by atoms with E-state index in [1.54, 1.807) is 0 Å². The highest BCUT2D eigenvalue weighted by Gasteiger charge is 2.31. The number of nitrogens with two attached hydrogens (primary N) is 1. The Hall–Kier alpha value is -1.51. The van der Waals surface area contributed by atoms with Crippen LogP contribution in [0, 0.1) is 0 Å². The van der Waals surface area contributed by atoms with Crippen molar-refractivity contribution < 1.29 is 65.3 Å². The van der Waals surface area contributed by atoms with Gasteiger partial charge in [-0.25, -0.2) is 0 Å². The van der Waals surface area contributed by atoms with Crippen molar-refractivity contribution in [3.63, 3.8) is 0 Å². The average molecular weight is 658 g/mol. The number of amides is 1. The Labute approximate surface area is 265 Å². The van der Waals surface area contributed by atoms with E-state index in [4.69, 9.17) is 25.4 Å². The van der Waals surface area contributed by atoms with E-state index in [1.165, 1.54) is 0 Å². The molecular formula is C29H59N3O13. The van der Waals surface area contributed by atoms with Crippen LogP contribution in [-0.4, -0.2) is 152 Å². The lowest BCUT2D eigenvalue weighted by atomic mass is 10.1. The maximum Gasteiger partial charge on any atom is 0.236 e. The fraction of sp³-hybridized carbons (Fsp3) is 0.897. The van der Waals surface area contributed by atoms with Gasteiger partial charge >= 0.3 is 0 Å². The first-order chi connectivity index (χ1) is 21.4. The van der Waals surface area contributed by atoms with Gasteiger partial charge in [-0.3, -0.25) is 4.79 Å². The lowest BCUT2D eigenvalue weighted by Gasteiger charge is -2.26. The molecule has 0 saturated heterocycles. The summed E-state index contributed by atoms with van der Waals surface area (Å²) in [6.07, 6.45) is -7.16. The fourth-order valence-corrected chi connectivity index (χ4v) is 4.15. The molecule has 268 valence electrons. The molecule has 0 heterocycles. The molecule has 0 rings (SSSR count). The van der Waals surface area contributed by atoms with E-state index in [-0.39, 0.29) is 45.2 Å². The van der Waals surface area contributed by atoms with Crippen LogP contribution >= 0.6 is 0 Å². The summed E-state index contributed by atoms with van der Waals surface area (Å²) in [6.45, 7) is 4.56. The summed E-state index contributed by atoms with van der Waals surface area (Å²) >= 11 is 0. The van der Waals surface area contributed by atoms with E-state index in [0.717, 1.165) is 25.0 Å². The van der Waals surface area contributed by atoms with Crippen molar-refractivity contribution in [1.82, 2.24) is 10.6 Å². The highest BCUT2D eigenvalue weighted by Crippen LogP contribution is 2.11. The van der Waals surface area contributed by atoms with Crippen molar-refractivity contribution >= 4 is 5.91 Å². The Morgan fingerprint density at radius 2 is 1.04 bits per heavy atom. The standard InChI is InChI=1S/C29H59N3O13/c1-19(31-13-5-2-3-7-17-44-28(42)25(39)23(37)21(35)11-15-33)9-10-20(30)27(41)32-14-6-4-8-18-45-29(43)26(40)24(38)22(36)12-16-34/h20-26,28-29,31,33-40,42-43H,1-18,30H2,(H,32,41)/t20?,21-,22-,23?,24?,25?,26?,28-,29-/m1/s1. The van der Waals surface area contributed by atoms with Crippen LogP contribution in [0.15, 0.2) is 12.3 Å². The molecule has 0 aromatic heterocycles. The van der Waals surface area contributed by atoms with Crippen LogP contribution in [-0.2, 0) is 14.3 Å². The normalized spacial score (nSPS) is 17.8. The van der Waals surface area contributed by atoms with E-state index >= 15 is 0 Å². The largest absolute Gasteiger partial charge is 0.396 e. The van der Waals surface area contributed by atoms with Gasteiger partial charge in [-0.05, 0) is 57.8 Å². The van der Waals surface area contributed by atoms with E-state index < -0.39 is 55.2 Å². The number of allylic oxidation sites excluding steroid dienone is 1. The molecule has 0 radical (unpaired) electrons. The smallest absolute Gasteiger partial charge is 0.236 e. The first kappa shape index (κ1) is 43.5. The zero-order chi connectivity index (χ0) is 34.2. The maximum atomic E-state index is 12.2. The molecule has 5 unspecified atom stereocenters. The minimum absolute atomic E-state index is 0.0959. The molecule has 0 aliphatic carbocycles. The molecule has 0 aromatic carbocycles. The van der Waals surface area contributed by atoms with E-state index in [9.17, 15) is 45.6 Å². The summed E-state index contributed by atoms with van der Waals surface area (Å²) in [5.41, 5.74) is 6.74. The van der Waals surface area contributed by atoms with Gasteiger partial charge in [0.2, 0.25) is 5.91 Å². The number of ether oxygens (including phenoxy) is 2. The molecular weight excluding hydrogens is 598 g/mol. The number of carbonyl (C=O) groups excluding carboxylic acids is 1. The van der Waals surface area contributed by atoms with Crippen LogP contribution in [0.5, 0.6) is 0 Å². The fourth-order valence-electron chi connectivity index (χ4n) is 4.15. The number of carbonyl (C=O) groups is 1. The number of unbranched alkanes of at least 4 members (excludes halogenated alkanes) is 5. The lowest BCUT2D eigenvalue weighted by molar-refractivity contribution is -0.203. The molecule has 0 spiro atoms. The number of aliphatic hydroxyl groups excluding tert-OH is 10. The van der Waals surface area contributed by atoms with Gasteiger partial charge < -0.3 is 76.9 Å². The number of nitrogens with one attached hydrogen (secondary N) is 2. The summed E-state index contributed by atoms with van der Waals surface area (Å²) in [6, 6.07) is -0.691. The Morgan fingerprint density at radius 3 is 1.51 bits per heavy atom. The Morgan fingerprint density at radius 1 is 0.622 bits per heavy atom. The van der Waals surface area contributed by atoms with Crippen molar-refractivity contribution in [3.05, 3.63) is 12.3 Å². The Bertz CT molecular complexity index is 754. The third kappa shape index (κ3) is 20.4. The molecule has 0 saturated carbocycles. The van der Waals surface area contributed by atoms with Crippen molar-refractivity contribution in [3.8, 4) is 0 Å². The van der Waals surface area contributed by atoms with Gasteiger partial charge in [0.15, 0.2) is 12.6 Å². The topological polar surface area (TPSA) is 288 Å². The molecule has 14 N–H and O–H groups in total. The van der Waals surface area contributed by atoms with Crippen molar-refractivity contribution in [2.75, 3.05) is 39.5 Å². The predicted molar refractivity (Wildman–Crippen MR) is 163 cm³/mol. The summed E-state index contributed by atoms with van der Waals surface area (Å²) < 4.78 is 10.2. The monoisotopic (exact) mass is 657 g/mol. The van der Waals surface area contributed by atoms with Gasteiger partial charge in [0.1, 0.15) is 24.4 Å². The SMILES string of the molecule is C=C(CCC(N)C(=O)NCCCCCO[C@@H](O)C(O)C(O)[C@H](O)CCO)NCCCCCCO[C@@H](O)C(O)C(O)[C@H](O)CCO. The molecule has 0 bridgehead atoms. The average Bonchev–Trinajstić information content (AvgIpc) is 3.02. The lowest BCUT2D eigenvalue weighted by Crippen LogP contribution is -2.45.